The summed E-state index contributed by atoms with van der Waals surface area (Å²) >= 11 is 11.6. The maximum Gasteiger partial charge on any atom is 0.320 e. The fourth-order valence-electron chi connectivity index (χ4n) is 1.02. The molecule has 0 amide bonds. The van der Waals surface area contributed by atoms with Gasteiger partial charge in [-0.3, -0.25) is 4.79 Å². The van der Waals surface area contributed by atoms with E-state index in [9.17, 15) is 4.79 Å². The highest BCUT2D eigenvalue weighted by molar-refractivity contribution is 6.33. The lowest BCUT2D eigenvalue weighted by Crippen LogP contribution is -2.32. The van der Waals surface area contributed by atoms with Crippen molar-refractivity contribution in [1.82, 2.24) is 0 Å². The molecular formula is C9H10Cl3NO2. The summed E-state index contributed by atoms with van der Waals surface area (Å²) < 4.78 is 0. The number of hydrogen-bond donors (Lipinski definition) is 2. The van der Waals surface area contributed by atoms with Gasteiger partial charge in [-0.1, -0.05) is 23.2 Å². The van der Waals surface area contributed by atoms with E-state index >= 15 is 0 Å². The minimum absolute atomic E-state index is 0. The van der Waals surface area contributed by atoms with Crippen LogP contribution in [0, 0.1) is 0 Å². The van der Waals surface area contributed by atoms with Gasteiger partial charge in [0.1, 0.15) is 6.04 Å². The molecule has 0 aliphatic carbocycles. The Morgan fingerprint density at radius 3 is 2.60 bits per heavy atom. The van der Waals surface area contributed by atoms with E-state index in [0.29, 0.717) is 15.6 Å². The Labute approximate surface area is 104 Å². The monoisotopic (exact) mass is 269 g/mol. The lowest BCUT2D eigenvalue weighted by Gasteiger charge is -2.08. The maximum atomic E-state index is 10.5. The summed E-state index contributed by atoms with van der Waals surface area (Å²) in [5.41, 5.74) is 6.01. The van der Waals surface area contributed by atoms with Gasteiger partial charge in [0.2, 0.25) is 0 Å². The zero-order valence-corrected chi connectivity index (χ0v) is 9.94. The zero-order valence-electron chi connectivity index (χ0n) is 7.61. The van der Waals surface area contributed by atoms with E-state index in [2.05, 4.69) is 0 Å². The third-order valence-electron chi connectivity index (χ3n) is 1.76. The van der Waals surface area contributed by atoms with E-state index < -0.39 is 12.0 Å². The smallest absolute Gasteiger partial charge is 0.320 e. The fraction of sp³-hybridized carbons (Fsp3) is 0.222. The number of halogens is 3. The lowest BCUT2D eigenvalue weighted by atomic mass is 10.1. The van der Waals surface area contributed by atoms with Crippen molar-refractivity contribution >= 4 is 41.6 Å². The SMILES string of the molecule is Cl.N[C@H](Cc1cc(Cl)ccc1Cl)C(=O)O. The van der Waals surface area contributed by atoms with Gasteiger partial charge < -0.3 is 10.8 Å². The highest BCUT2D eigenvalue weighted by Crippen LogP contribution is 2.21. The largest absolute Gasteiger partial charge is 0.480 e. The molecule has 0 radical (unpaired) electrons. The Morgan fingerprint density at radius 1 is 1.47 bits per heavy atom. The molecule has 0 fully saturated rings. The molecule has 0 bridgehead atoms. The van der Waals surface area contributed by atoms with Crippen LogP contribution in [0.3, 0.4) is 0 Å². The second-order valence-electron chi connectivity index (χ2n) is 2.88. The van der Waals surface area contributed by atoms with Crippen LogP contribution in [0.2, 0.25) is 10.0 Å². The number of carboxylic acids is 1. The van der Waals surface area contributed by atoms with Crippen LogP contribution >= 0.6 is 35.6 Å². The first-order valence-electron chi connectivity index (χ1n) is 3.93. The van der Waals surface area contributed by atoms with Gasteiger partial charge in [-0.2, -0.15) is 0 Å². The second kappa shape index (κ2) is 6.18. The number of nitrogens with two attached hydrogens (primary N) is 1. The van der Waals surface area contributed by atoms with Crippen molar-refractivity contribution in [2.24, 2.45) is 5.73 Å². The van der Waals surface area contributed by atoms with Gasteiger partial charge in [0.05, 0.1) is 0 Å². The van der Waals surface area contributed by atoms with Gasteiger partial charge in [-0.05, 0) is 30.2 Å². The van der Waals surface area contributed by atoms with Crippen LogP contribution in [0.1, 0.15) is 5.56 Å². The van der Waals surface area contributed by atoms with Crippen molar-refractivity contribution in [2.45, 2.75) is 12.5 Å². The number of aliphatic carboxylic acids is 1. The Hall–Kier alpha value is -0.480. The van der Waals surface area contributed by atoms with Crippen molar-refractivity contribution in [1.29, 1.82) is 0 Å². The minimum atomic E-state index is -1.05. The van der Waals surface area contributed by atoms with Crippen LogP contribution in [0.5, 0.6) is 0 Å². The summed E-state index contributed by atoms with van der Waals surface area (Å²) in [5.74, 6) is -1.05. The van der Waals surface area contributed by atoms with Crippen molar-refractivity contribution in [3.05, 3.63) is 33.8 Å². The molecule has 1 aromatic carbocycles. The van der Waals surface area contributed by atoms with E-state index in [1.54, 1.807) is 18.2 Å². The molecule has 0 saturated heterocycles. The zero-order chi connectivity index (χ0) is 10.7. The quantitative estimate of drug-likeness (QED) is 0.886. The number of carboxylic acid groups (broad SMARTS) is 1. The first kappa shape index (κ1) is 14.5. The molecule has 84 valence electrons. The maximum absolute atomic E-state index is 10.5. The Balaban J connectivity index is 0.00000196. The van der Waals surface area contributed by atoms with Crippen molar-refractivity contribution in [3.8, 4) is 0 Å². The number of rotatable bonds is 3. The van der Waals surface area contributed by atoms with E-state index in [-0.39, 0.29) is 18.8 Å². The van der Waals surface area contributed by atoms with Gasteiger partial charge in [0, 0.05) is 10.0 Å². The summed E-state index contributed by atoms with van der Waals surface area (Å²) in [6.45, 7) is 0. The number of carbonyl (C=O) groups is 1. The highest BCUT2D eigenvalue weighted by Gasteiger charge is 2.14. The van der Waals surface area contributed by atoms with Crippen molar-refractivity contribution in [3.63, 3.8) is 0 Å². The van der Waals surface area contributed by atoms with Gasteiger partial charge >= 0.3 is 5.97 Å². The number of hydrogen-bond acceptors (Lipinski definition) is 2. The van der Waals surface area contributed by atoms with Crippen molar-refractivity contribution < 1.29 is 9.90 Å². The number of benzene rings is 1. The molecule has 0 aliphatic rings. The molecule has 15 heavy (non-hydrogen) atoms. The standard InChI is InChI=1S/C9H9Cl2NO2.ClH/c10-6-1-2-7(11)5(3-6)4-8(12)9(13)14;/h1-3,8H,4,12H2,(H,13,14);1H/t8-;/m1./s1. The molecule has 1 atom stereocenters. The molecule has 1 rings (SSSR count). The first-order chi connectivity index (χ1) is 6.50. The van der Waals surface area contributed by atoms with Crippen LogP contribution in [-0.2, 0) is 11.2 Å². The summed E-state index contributed by atoms with van der Waals surface area (Å²) in [4.78, 5) is 10.5. The van der Waals surface area contributed by atoms with Crippen molar-refractivity contribution in [2.75, 3.05) is 0 Å². The Morgan fingerprint density at radius 2 is 2.07 bits per heavy atom. The third kappa shape index (κ3) is 4.26. The molecule has 0 heterocycles. The van der Waals surface area contributed by atoms with E-state index in [0.717, 1.165) is 0 Å². The predicted octanol–water partition coefficient (Wildman–Crippen LogP) is 2.37. The summed E-state index contributed by atoms with van der Waals surface area (Å²) in [6.07, 6.45) is 0.175. The Bertz CT molecular complexity index is 357. The van der Waals surface area contributed by atoms with Crippen LogP contribution in [-0.4, -0.2) is 17.1 Å². The molecule has 1 aromatic rings. The van der Waals surface area contributed by atoms with Gasteiger partial charge in [0.15, 0.2) is 0 Å². The van der Waals surface area contributed by atoms with Gasteiger partial charge in [-0.25, -0.2) is 0 Å². The average Bonchev–Trinajstić information content (AvgIpc) is 2.11. The molecule has 0 unspecified atom stereocenters. The fourth-order valence-corrected chi connectivity index (χ4v) is 1.41. The molecule has 6 heteroatoms. The van der Waals surface area contributed by atoms with Crippen LogP contribution in [0.4, 0.5) is 0 Å². The molecule has 0 aromatic heterocycles. The van der Waals surface area contributed by atoms with Gasteiger partial charge in [-0.15, -0.1) is 12.4 Å². The Kier molecular flexibility index (Phi) is 5.98. The van der Waals surface area contributed by atoms with E-state index in [4.69, 9.17) is 34.0 Å². The highest BCUT2D eigenvalue weighted by atomic mass is 35.5. The normalized spacial score (nSPS) is 11.7. The van der Waals surface area contributed by atoms with Crippen LogP contribution in [0.25, 0.3) is 0 Å². The van der Waals surface area contributed by atoms with Crippen LogP contribution in [0.15, 0.2) is 18.2 Å². The van der Waals surface area contributed by atoms with Crippen LogP contribution < -0.4 is 5.73 Å². The predicted molar refractivity (Wildman–Crippen MR) is 63.0 cm³/mol. The third-order valence-corrected chi connectivity index (χ3v) is 2.37. The summed E-state index contributed by atoms with van der Waals surface area (Å²) in [5, 5.41) is 9.60. The lowest BCUT2D eigenvalue weighted by molar-refractivity contribution is -0.138. The molecule has 3 N–H and O–H groups in total. The molecule has 0 spiro atoms. The molecule has 3 nitrogen and oxygen atoms in total. The van der Waals surface area contributed by atoms with Gasteiger partial charge in [0.25, 0.3) is 0 Å². The molecular weight excluding hydrogens is 260 g/mol. The summed E-state index contributed by atoms with van der Waals surface area (Å²) in [6, 6.07) is 3.92. The molecule has 0 aliphatic heterocycles. The summed E-state index contributed by atoms with van der Waals surface area (Å²) in [7, 11) is 0. The molecule has 0 saturated carbocycles. The topological polar surface area (TPSA) is 63.3 Å². The second-order valence-corrected chi connectivity index (χ2v) is 3.73. The van der Waals surface area contributed by atoms with E-state index in [1.165, 1.54) is 0 Å². The first-order valence-corrected chi connectivity index (χ1v) is 4.68. The van der Waals surface area contributed by atoms with E-state index in [1.807, 2.05) is 0 Å². The minimum Gasteiger partial charge on any atom is -0.480 e. The average molecular weight is 271 g/mol.